The molecule has 3 aliphatic rings. The van der Waals surface area contributed by atoms with Crippen LogP contribution >= 0.6 is 23.2 Å². The average Bonchev–Trinajstić information content (AvgIpc) is 3.20. The van der Waals surface area contributed by atoms with Crippen molar-refractivity contribution in [2.24, 2.45) is 16.1 Å². The topological polar surface area (TPSA) is 65.8 Å². The molecule has 0 bridgehead atoms. The van der Waals surface area contributed by atoms with E-state index in [-0.39, 0.29) is 6.04 Å². The minimum Gasteiger partial charge on any atom is -0.363 e. The number of hydrogen-bond acceptors (Lipinski definition) is 6. The lowest BCUT2D eigenvalue weighted by Crippen LogP contribution is -2.42. The first-order valence-corrected chi connectivity index (χ1v) is 11.3. The molecule has 0 radical (unpaired) electrons. The van der Waals surface area contributed by atoms with Gasteiger partial charge in [-0.15, -0.1) is 5.10 Å². The van der Waals surface area contributed by atoms with Gasteiger partial charge in [0.1, 0.15) is 5.69 Å². The molecule has 6 nitrogen and oxygen atoms in total. The van der Waals surface area contributed by atoms with Crippen LogP contribution in [0.15, 0.2) is 34.5 Å². The maximum atomic E-state index is 6.49. The van der Waals surface area contributed by atoms with Gasteiger partial charge >= 0.3 is 0 Å². The van der Waals surface area contributed by atoms with E-state index in [0.29, 0.717) is 10.9 Å². The van der Waals surface area contributed by atoms with Gasteiger partial charge in [-0.25, -0.2) is 0 Å². The van der Waals surface area contributed by atoms with Crippen molar-refractivity contribution in [1.82, 2.24) is 15.5 Å². The Kier molecular flexibility index (Phi) is 5.48. The molecule has 1 aromatic carbocycles. The fourth-order valence-electron chi connectivity index (χ4n) is 4.39. The van der Waals surface area contributed by atoms with Crippen molar-refractivity contribution >= 4 is 40.3 Å². The van der Waals surface area contributed by atoms with Gasteiger partial charge in [-0.05, 0) is 75.0 Å². The molecule has 0 spiro atoms. The maximum absolute atomic E-state index is 6.49. The van der Waals surface area contributed by atoms with E-state index in [4.69, 9.17) is 23.2 Å². The Morgan fingerprint density at radius 3 is 2.83 bits per heavy atom. The number of benzene rings is 1. The van der Waals surface area contributed by atoms with Gasteiger partial charge in [0.15, 0.2) is 0 Å². The number of rotatable bonds is 5. The van der Waals surface area contributed by atoms with E-state index in [9.17, 15) is 0 Å². The minimum atomic E-state index is 0.0794. The highest BCUT2D eigenvalue weighted by Gasteiger charge is 2.28. The zero-order valence-corrected chi connectivity index (χ0v) is 18.4. The van der Waals surface area contributed by atoms with Crippen molar-refractivity contribution in [2.75, 3.05) is 24.5 Å². The molecule has 0 saturated carbocycles. The summed E-state index contributed by atoms with van der Waals surface area (Å²) in [6.45, 7) is 5.25. The van der Waals surface area contributed by atoms with Crippen molar-refractivity contribution < 1.29 is 0 Å². The van der Waals surface area contributed by atoms with Crippen LogP contribution in [-0.4, -0.2) is 41.3 Å². The second kappa shape index (κ2) is 8.25. The smallest absolute Gasteiger partial charge is 0.112 e. The number of nitrogens with zero attached hydrogens (tertiary/aromatic N) is 5. The van der Waals surface area contributed by atoms with E-state index < -0.39 is 0 Å². The predicted octanol–water partition coefficient (Wildman–Crippen LogP) is 4.46. The molecule has 1 saturated heterocycles. The molecule has 0 aliphatic carbocycles. The summed E-state index contributed by atoms with van der Waals surface area (Å²) in [5.41, 5.74) is 6.02. The molecule has 1 atom stereocenters. The molecule has 1 fully saturated rings. The summed E-state index contributed by atoms with van der Waals surface area (Å²) in [7, 11) is 0. The summed E-state index contributed by atoms with van der Waals surface area (Å²) in [5.74, 6) is 0.687. The van der Waals surface area contributed by atoms with Crippen LogP contribution in [-0.2, 0) is 6.42 Å². The van der Waals surface area contributed by atoms with Crippen molar-refractivity contribution in [2.45, 2.75) is 38.6 Å². The molecule has 3 aliphatic heterocycles. The maximum Gasteiger partial charge on any atom is 0.112 e. The average molecular weight is 443 g/mol. The third kappa shape index (κ3) is 3.84. The number of aryl methyl sites for hydroxylation is 1. The van der Waals surface area contributed by atoms with E-state index in [1.807, 2.05) is 18.2 Å². The molecular weight excluding hydrogens is 419 g/mol. The molecule has 156 valence electrons. The van der Waals surface area contributed by atoms with E-state index >= 15 is 0 Å². The third-order valence-corrected chi connectivity index (χ3v) is 6.79. The van der Waals surface area contributed by atoms with Crippen LogP contribution in [0.5, 0.6) is 0 Å². The fraction of sp³-hybridized carbons (Fsp3) is 0.455. The van der Waals surface area contributed by atoms with Crippen molar-refractivity contribution in [1.29, 1.82) is 0 Å². The highest BCUT2D eigenvalue weighted by Crippen LogP contribution is 2.37. The van der Waals surface area contributed by atoms with Crippen LogP contribution in [0.3, 0.4) is 0 Å². The molecule has 1 unspecified atom stereocenters. The summed E-state index contributed by atoms with van der Waals surface area (Å²) < 4.78 is 0. The van der Waals surface area contributed by atoms with Gasteiger partial charge in [-0.2, -0.15) is 15.3 Å². The molecule has 1 aromatic heterocycles. The minimum absolute atomic E-state index is 0.0794. The number of halogens is 2. The SMILES string of the molecule is CC(c1cc(Cl)ccc1Cl)N1CCCc2nnc(C3=NN=C(CC4CNC4)C3)cc21. The monoisotopic (exact) mass is 442 g/mol. The first-order valence-electron chi connectivity index (χ1n) is 10.5. The highest BCUT2D eigenvalue weighted by molar-refractivity contribution is 6.33. The van der Waals surface area contributed by atoms with Crippen LogP contribution in [0.4, 0.5) is 5.69 Å². The molecule has 1 N–H and O–H groups in total. The summed E-state index contributed by atoms with van der Waals surface area (Å²) in [5, 5.41) is 22.6. The largest absolute Gasteiger partial charge is 0.363 e. The van der Waals surface area contributed by atoms with Gasteiger partial charge in [0.2, 0.25) is 0 Å². The number of fused-ring (bicyclic) bond motifs is 1. The third-order valence-electron chi connectivity index (χ3n) is 6.21. The van der Waals surface area contributed by atoms with E-state index in [1.165, 1.54) is 0 Å². The Hall–Kier alpha value is -2.02. The number of anilines is 1. The zero-order valence-electron chi connectivity index (χ0n) is 16.9. The van der Waals surface area contributed by atoms with Crippen LogP contribution in [0.1, 0.15) is 49.2 Å². The Bertz CT molecular complexity index is 1030. The Morgan fingerprint density at radius 2 is 2.03 bits per heavy atom. The first kappa shape index (κ1) is 19.9. The molecule has 4 heterocycles. The summed E-state index contributed by atoms with van der Waals surface area (Å²) in [4.78, 5) is 2.35. The number of nitrogens with one attached hydrogen (secondary N) is 1. The van der Waals surface area contributed by atoms with Crippen molar-refractivity contribution in [3.8, 4) is 0 Å². The van der Waals surface area contributed by atoms with Crippen molar-refractivity contribution in [3.63, 3.8) is 0 Å². The first-order chi connectivity index (χ1) is 14.6. The molecule has 8 heteroatoms. The standard InChI is InChI=1S/C22H24Cl2N6/c1-13(17-8-15(23)4-5-18(17)24)30-6-2-3-19-22(30)10-21(29-27-19)20-9-16(26-28-20)7-14-11-25-12-14/h4-5,8,10,13-14,25H,2-3,6-7,9,11-12H2,1H3. The van der Waals surface area contributed by atoms with E-state index in [0.717, 1.165) is 84.4 Å². The number of hydrogen-bond donors (Lipinski definition) is 1. The quantitative estimate of drug-likeness (QED) is 0.742. The van der Waals surface area contributed by atoms with Crippen molar-refractivity contribution in [3.05, 3.63) is 51.3 Å². The van der Waals surface area contributed by atoms with Crippen LogP contribution in [0.25, 0.3) is 0 Å². The molecular formula is C22H24Cl2N6. The molecule has 2 aromatic rings. The fourth-order valence-corrected chi connectivity index (χ4v) is 4.85. The lowest BCUT2D eigenvalue weighted by molar-refractivity contribution is 0.358. The van der Waals surface area contributed by atoms with Gasteiger partial charge in [0, 0.05) is 28.7 Å². The van der Waals surface area contributed by atoms with Crippen LogP contribution < -0.4 is 10.2 Å². The zero-order chi connectivity index (χ0) is 20.7. The summed E-state index contributed by atoms with van der Waals surface area (Å²) in [6, 6.07) is 7.84. The van der Waals surface area contributed by atoms with E-state index in [1.54, 1.807) is 0 Å². The molecule has 30 heavy (non-hydrogen) atoms. The van der Waals surface area contributed by atoms with Gasteiger partial charge in [0.25, 0.3) is 0 Å². The predicted molar refractivity (Wildman–Crippen MR) is 122 cm³/mol. The summed E-state index contributed by atoms with van der Waals surface area (Å²) >= 11 is 12.7. The second-order valence-electron chi connectivity index (χ2n) is 8.32. The van der Waals surface area contributed by atoms with Gasteiger partial charge < -0.3 is 10.2 Å². The van der Waals surface area contributed by atoms with Gasteiger partial charge in [-0.3, -0.25) is 0 Å². The Balaban J connectivity index is 1.39. The highest BCUT2D eigenvalue weighted by atomic mass is 35.5. The van der Waals surface area contributed by atoms with E-state index in [2.05, 4.69) is 43.6 Å². The van der Waals surface area contributed by atoms with Gasteiger partial charge in [0.05, 0.1) is 23.1 Å². The number of aromatic nitrogens is 2. The normalized spacial score (nSPS) is 19.8. The summed E-state index contributed by atoms with van der Waals surface area (Å²) in [6.07, 6.45) is 3.74. The van der Waals surface area contributed by atoms with Gasteiger partial charge in [-0.1, -0.05) is 23.2 Å². The Labute approximate surface area is 186 Å². The van der Waals surface area contributed by atoms with Crippen LogP contribution in [0.2, 0.25) is 10.0 Å². The second-order valence-corrected chi connectivity index (χ2v) is 9.16. The molecule has 0 amide bonds. The molecule has 5 rings (SSSR count). The Morgan fingerprint density at radius 1 is 1.17 bits per heavy atom. The lowest BCUT2D eigenvalue weighted by atomic mass is 9.94. The lowest BCUT2D eigenvalue weighted by Gasteiger charge is -2.36. The van der Waals surface area contributed by atoms with Crippen LogP contribution in [0, 0.1) is 5.92 Å².